The van der Waals surface area contributed by atoms with Gasteiger partial charge in [0.1, 0.15) is 0 Å². The van der Waals surface area contributed by atoms with Crippen LogP contribution in [0.5, 0.6) is 0 Å². The fourth-order valence-corrected chi connectivity index (χ4v) is 5.33. The standard InChI is InChI=1S/C12H25N3O2S/c1-10-6-4-5-7-14(10)18(16,17)15-11(2)8-13-9-12(15)3/h10-13H,4-9H2,1-3H3. The number of hydrogen-bond acceptors (Lipinski definition) is 3. The Balaban J connectivity index is 2.23. The summed E-state index contributed by atoms with van der Waals surface area (Å²) in [5.74, 6) is 0. The molecular formula is C12H25N3O2S. The van der Waals surface area contributed by atoms with Crippen molar-refractivity contribution in [1.82, 2.24) is 13.9 Å². The monoisotopic (exact) mass is 275 g/mol. The van der Waals surface area contributed by atoms with Crippen LogP contribution in [0.1, 0.15) is 40.0 Å². The van der Waals surface area contributed by atoms with E-state index < -0.39 is 10.2 Å². The third-order valence-electron chi connectivity index (χ3n) is 4.05. The molecule has 2 aliphatic heterocycles. The summed E-state index contributed by atoms with van der Waals surface area (Å²) in [6, 6.07) is 0.207. The molecule has 0 aromatic carbocycles. The zero-order valence-electron chi connectivity index (χ0n) is 11.6. The maximum absolute atomic E-state index is 12.8. The second kappa shape index (κ2) is 5.45. The summed E-state index contributed by atoms with van der Waals surface area (Å²) in [7, 11) is -3.31. The predicted octanol–water partition coefficient (Wildman–Crippen LogP) is 0.788. The van der Waals surface area contributed by atoms with Gasteiger partial charge in [0.05, 0.1) is 0 Å². The molecule has 3 atom stereocenters. The van der Waals surface area contributed by atoms with Crippen LogP contribution in [0.4, 0.5) is 0 Å². The van der Waals surface area contributed by atoms with Crippen LogP contribution in [-0.2, 0) is 10.2 Å². The molecule has 5 nitrogen and oxygen atoms in total. The lowest BCUT2D eigenvalue weighted by atomic mass is 10.1. The lowest BCUT2D eigenvalue weighted by Gasteiger charge is -2.43. The van der Waals surface area contributed by atoms with Gasteiger partial charge in [0.25, 0.3) is 10.2 Å². The average Bonchev–Trinajstić information content (AvgIpc) is 2.28. The van der Waals surface area contributed by atoms with Gasteiger partial charge in [-0.3, -0.25) is 0 Å². The van der Waals surface area contributed by atoms with Gasteiger partial charge in [-0.25, -0.2) is 0 Å². The molecule has 0 spiro atoms. The summed E-state index contributed by atoms with van der Waals surface area (Å²) in [6.07, 6.45) is 3.10. The van der Waals surface area contributed by atoms with E-state index in [0.29, 0.717) is 6.54 Å². The summed E-state index contributed by atoms with van der Waals surface area (Å²) in [6.45, 7) is 8.14. The molecule has 0 saturated carbocycles. The molecule has 2 heterocycles. The van der Waals surface area contributed by atoms with Crippen molar-refractivity contribution < 1.29 is 8.42 Å². The lowest BCUT2D eigenvalue weighted by molar-refractivity contribution is 0.182. The molecule has 6 heteroatoms. The van der Waals surface area contributed by atoms with E-state index in [2.05, 4.69) is 5.32 Å². The Morgan fingerprint density at radius 3 is 2.17 bits per heavy atom. The van der Waals surface area contributed by atoms with Gasteiger partial charge in [0.15, 0.2) is 0 Å². The van der Waals surface area contributed by atoms with Crippen LogP contribution in [0.15, 0.2) is 0 Å². The first-order chi connectivity index (χ1) is 8.44. The highest BCUT2D eigenvalue weighted by molar-refractivity contribution is 7.86. The normalized spacial score (nSPS) is 36.7. The van der Waals surface area contributed by atoms with Crippen LogP contribution in [-0.4, -0.2) is 54.8 Å². The largest absolute Gasteiger partial charge is 0.314 e. The number of piperazine rings is 1. The topological polar surface area (TPSA) is 52.7 Å². The Hall–Kier alpha value is -0.170. The van der Waals surface area contributed by atoms with Gasteiger partial charge in [-0.2, -0.15) is 17.0 Å². The number of nitrogens with one attached hydrogen (secondary N) is 1. The molecule has 0 aliphatic carbocycles. The zero-order valence-corrected chi connectivity index (χ0v) is 12.4. The maximum atomic E-state index is 12.8. The molecule has 2 rings (SSSR count). The third kappa shape index (κ3) is 2.57. The van der Waals surface area contributed by atoms with E-state index in [1.807, 2.05) is 20.8 Å². The van der Waals surface area contributed by atoms with Crippen molar-refractivity contribution in [2.75, 3.05) is 19.6 Å². The van der Waals surface area contributed by atoms with E-state index in [1.165, 1.54) is 0 Å². The van der Waals surface area contributed by atoms with Gasteiger partial charge in [-0.05, 0) is 33.6 Å². The molecule has 0 radical (unpaired) electrons. The van der Waals surface area contributed by atoms with Crippen molar-refractivity contribution in [2.45, 2.75) is 58.2 Å². The summed E-state index contributed by atoms with van der Waals surface area (Å²) < 4.78 is 29.0. The van der Waals surface area contributed by atoms with Gasteiger partial charge in [-0.1, -0.05) is 6.42 Å². The molecule has 3 unspecified atom stereocenters. The van der Waals surface area contributed by atoms with Crippen LogP contribution in [0.3, 0.4) is 0 Å². The molecule has 18 heavy (non-hydrogen) atoms. The van der Waals surface area contributed by atoms with Crippen molar-refractivity contribution in [3.8, 4) is 0 Å². The SMILES string of the molecule is CC1CCCCN1S(=O)(=O)N1C(C)CNCC1C. The summed E-state index contributed by atoms with van der Waals surface area (Å²) in [5, 5.41) is 3.28. The third-order valence-corrected chi connectivity index (χ3v) is 6.44. The maximum Gasteiger partial charge on any atom is 0.282 e. The molecule has 0 bridgehead atoms. The van der Waals surface area contributed by atoms with Gasteiger partial charge >= 0.3 is 0 Å². The van der Waals surface area contributed by atoms with E-state index in [1.54, 1.807) is 8.61 Å². The van der Waals surface area contributed by atoms with Crippen LogP contribution in [0.25, 0.3) is 0 Å². The van der Waals surface area contributed by atoms with Crippen LogP contribution in [0.2, 0.25) is 0 Å². The Morgan fingerprint density at radius 1 is 1.00 bits per heavy atom. The van der Waals surface area contributed by atoms with Crippen molar-refractivity contribution in [2.24, 2.45) is 0 Å². The Labute approximate surface area is 111 Å². The minimum absolute atomic E-state index is 0.0351. The smallest absolute Gasteiger partial charge is 0.282 e. The van der Waals surface area contributed by atoms with E-state index in [4.69, 9.17) is 0 Å². The first-order valence-corrected chi connectivity index (χ1v) is 8.35. The highest BCUT2D eigenvalue weighted by Gasteiger charge is 2.40. The lowest BCUT2D eigenvalue weighted by Crippen LogP contribution is -2.61. The molecule has 0 amide bonds. The summed E-state index contributed by atoms with van der Waals surface area (Å²) in [5.41, 5.74) is 0. The van der Waals surface area contributed by atoms with Gasteiger partial charge in [-0.15, -0.1) is 0 Å². The number of rotatable bonds is 2. The Morgan fingerprint density at radius 2 is 1.61 bits per heavy atom. The number of hydrogen-bond donors (Lipinski definition) is 1. The van der Waals surface area contributed by atoms with Crippen molar-refractivity contribution in [1.29, 1.82) is 0 Å². The molecule has 0 aromatic heterocycles. The molecule has 1 N–H and O–H groups in total. The van der Waals surface area contributed by atoms with Gasteiger partial charge < -0.3 is 5.32 Å². The minimum Gasteiger partial charge on any atom is -0.314 e. The van der Waals surface area contributed by atoms with Crippen LogP contribution >= 0.6 is 0 Å². The summed E-state index contributed by atoms with van der Waals surface area (Å²) >= 11 is 0. The molecule has 0 aromatic rings. The van der Waals surface area contributed by atoms with E-state index in [0.717, 1.165) is 32.4 Å². The molecule has 106 valence electrons. The molecule has 2 saturated heterocycles. The first-order valence-electron chi connectivity index (χ1n) is 6.95. The first kappa shape index (κ1) is 14.2. The summed E-state index contributed by atoms with van der Waals surface area (Å²) in [4.78, 5) is 0. The zero-order chi connectivity index (χ0) is 13.3. The highest BCUT2D eigenvalue weighted by Crippen LogP contribution is 2.25. The van der Waals surface area contributed by atoms with Gasteiger partial charge in [0.2, 0.25) is 0 Å². The molecule has 2 aliphatic rings. The molecule has 2 fully saturated rings. The van der Waals surface area contributed by atoms with Crippen molar-refractivity contribution in [3.63, 3.8) is 0 Å². The van der Waals surface area contributed by atoms with E-state index in [9.17, 15) is 8.42 Å². The number of piperidine rings is 1. The fraction of sp³-hybridized carbons (Fsp3) is 1.00. The van der Waals surface area contributed by atoms with Gasteiger partial charge in [0, 0.05) is 37.8 Å². The van der Waals surface area contributed by atoms with Crippen LogP contribution in [0, 0.1) is 0 Å². The van der Waals surface area contributed by atoms with Crippen LogP contribution < -0.4 is 5.32 Å². The second-order valence-corrected chi connectivity index (χ2v) is 7.44. The average molecular weight is 275 g/mol. The van der Waals surface area contributed by atoms with E-state index in [-0.39, 0.29) is 18.1 Å². The second-order valence-electron chi connectivity index (χ2n) is 5.65. The predicted molar refractivity (Wildman–Crippen MR) is 72.6 cm³/mol. The minimum atomic E-state index is -3.31. The van der Waals surface area contributed by atoms with Crippen molar-refractivity contribution >= 4 is 10.2 Å². The Bertz CT molecular complexity index is 375. The quantitative estimate of drug-likeness (QED) is 0.810. The number of nitrogens with zero attached hydrogens (tertiary/aromatic N) is 2. The molecular weight excluding hydrogens is 250 g/mol. The fourth-order valence-electron chi connectivity index (χ4n) is 3.11. The van der Waals surface area contributed by atoms with Crippen molar-refractivity contribution in [3.05, 3.63) is 0 Å². The van der Waals surface area contributed by atoms with E-state index >= 15 is 0 Å². The highest BCUT2D eigenvalue weighted by atomic mass is 32.2. The Kier molecular flexibility index (Phi) is 4.31.